The first-order chi connectivity index (χ1) is 13.0. The van der Waals surface area contributed by atoms with Gasteiger partial charge in [0.25, 0.3) is 11.8 Å². The zero-order valence-corrected chi connectivity index (χ0v) is 15.9. The van der Waals surface area contributed by atoms with Crippen molar-refractivity contribution in [1.82, 2.24) is 5.32 Å². The number of carbonyl (C=O) groups is 2. The van der Waals surface area contributed by atoms with Gasteiger partial charge in [0.15, 0.2) is 6.10 Å². The second kappa shape index (κ2) is 8.31. The first kappa shape index (κ1) is 19.0. The molecular weight excluding hydrogens is 368 g/mol. The molecule has 1 aliphatic carbocycles. The number of nitrogens with one attached hydrogen (secondary N) is 2. The molecule has 1 saturated carbocycles. The molecule has 0 saturated heterocycles. The van der Waals surface area contributed by atoms with E-state index in [4.69, 9.17) is 21.1 Å². The minimum Gasteiger partial charge on any atom is -0.497 e. The molecule has 2 aromatic carbocycles. The van der Waals surface area contributed by atoms with Gasteiger partial charge in [-0.1, -0.05) is 11.6 Å². The molecule has 2 amide bonds. The van der Waals surface area contributed by atoms with Crippen molar-refractivity contribution in [2.45, 2.75) is 31.9 Å². The van der Waals surface area contributed by atoms with Crippen LogP contribution in [0.15, 0.2) is 42.5 Å². The van der Waals surface area contributed by atoms with Gasteiger partial charge in [0.1, 0.15) is 11.5 Å². The molecule has 0 radical (unpaired) electrons. The van der Waals surface area contributed by atoms with Crippen molar-refractivity contribution >= 4 is 29.1 Å². The van der Waals surface area contributed by atoms with Crippen LogP contribution in [0.25, 0.3) is 0 Å². The first-order valence-electron chi connectivity index (χ1n) is 8.68. The summed E-state index contributed by atoms with van der Waals surface area (Å²) in [6.07, 6.45) is 1.25. The van der Waals surface area contributed by atoms with Gasteiger partial charge in [-0.2, -0.15) is 0 Å². The van der Waals surface area contributed by atoms with Crippen molar-refractivity contribution in [3.8, 4) is 11.5 Å². The van der Waals surface area contributed by atoms with Crippen LogP contribution in [-0.4, -0.2) is 31.1 Å². The van der Waals surface area contributed by atoms with Gasteiger partial charge < -0.3 is 20.1 Å². The average molecular weight is 389 g/mol. The maximum atomic E-state index is 12.4. The predicted octanol–water partition coefficient (Wildman–Crippen LogP) is 3.65. The smallest absolute Gasteiger partial charge is 0.265 e. The molecule has 0 heterocycles. The first-order valence-corrected chi connectivity index (χ1v) is 9.06. The fourth-order valence-electron chi connectivity index (χ4n) is 2.42. The normalized spacial score (nSPS) is 14.2. The van der Waals surface area contributed by atoms with Gasteiger partial charge in [0.05, 0.1) is 17.7 Å². The van der Waals surface area contributed by atoms with E-state index in [1.165, 1.54) is 0 Å². The summed E-state index contributed by atoms with van der Waals surface area (Å²) in [6.45, 7) is 1.65. The summed E-state index contributed by atoms with van der Waals surface area (Å²) in [5, 5.41) is 5.98. The molecule has 1 atom stereocenters. The third-order valence-corrected chi connectivity index (χ3v) is 4.46. The van der Waals surface area contributed by atoms with E-state index < -0.39 is 6.10 Å². The molecule has 0 aliphatic heterocycles. The molecule has 6 nitrogen and oxygen atoms in total. The van der Waals surface area contributed by atoms with Crippen molar-refractivity contribution in [3.63, 3.8) is 0 Å². The van der Waals surface area contributed by atoms with Crippen LogP contribution in [0.1, 0.15) is 30.1 Å². The van der Waals surface area contributed by atoms with E-state index in [-0.39, 0.29) is 17.9 Å². The molecule has 2 aromatic rings. The quantitative estimate of drug-likeness (QED) is 0.759. The second-order valence-corrected chi connectivity index (χ2v) is 6.77. The Labute approximate surface area is 162 Å². The Morgan fingerprint density at radius 1 is 1.11 bits per heavy atom. The van der Waals surface area contributed by atoms with Crippen LogP contribution in [0.3, 0.4) is 0 Å². The van der Waals surface area contributed by atoms with E-state index in [0.29, 0.717) is 27.8 Å². The maximum Gasteiger partial charge on any atom is 0.265 e. The van der Waals surface area contributed by atoms with Gasteiger partial charge in [-0.05, 0) is 62.2 Å². The summed E-state index contributed by atoms with van der Waals surface area (Å²) < 4.78 is 10.7. The van der Waals surface area contributed by atoms with E-state index in [1.807, 2.05) is 0 Å². The molecule has 0 spiro atoms. The molecule has 1 unspecified atom stereocenters. The van der Waals surface area contributed by atoms with Crippen LogP contribution in [0, 0.1) is 0 Å². The average Bonchev–Trinajstić information content (AvgIpc) is 3.47. The molecule has 3 rings (SSSR count). The van der Waals surface area contributed by atoms with Crippen LogP contribution in [0.4, 0.5) is 5.69 Å². The molecule has 2 N–H and O–H groups in total. The Kier molecular flexibility index (Phi) is 5.86. The lowest BCUT2D eigenvalue weighted by molar-refractivity contribution is -0.122. The molecule has 1 fully saturated rings. The Balaban J connectivity index is 1.62. The number of benzene rings is 2. The minimum absolute atomic E-state index is 0.227. The monoisotopic (exact) mass is 388 g/mol. The highest BCUT2D eigenvalue weighted by Gasteiger charge is 2.25. The van der Waals surface area contributed by atoms with Crippen LogP contribution < -0.4 is 20.1 Å². The number of methoxy groups -OCH3 is 1. The third-order valence-electron chi connectivity index (χ3n) is 4.13. The highest BCUT2D eigenvalue weighted by molar-refractivity contribution is 6.34. The highest BCUT2D eigenvalue weighted by Crippen LogP contribution is 2.24. The van der Waals surface area contributed by atoms with Gasteiger partial charge in [-0.15, -0.1) is 0 Å². The Bertz CT molecular complexity index is 834. The molecule has 142 valence electrons. The summed E-state index contributed by atoms with van der Waals surface area (Å²) in [7, 11) is 1.58. The Hall–Kier alpha value is -2.73. The molecule has 1 aliphatic rings. The van der Waals surface area contributed by atoms with Gasteiger partial charge in [-0.25, -0.2) is 0 Å². The maximum absolute atomic E-state index is 12.4. The number of ether oxygens (including phenoxy) is 2. The van der Waals surface area contributed by atoms with Crippen molar-refractivity contribution in [2.24, 2.45) is 0 Å². The van der Waals surface area contributed by atoms with E-state index in [9.17, 15) is 9.59 Å². The second-order valence-electron chi connectivity index (χ2n) is 6.37. The standard InChI is InChI=1S/C20H21ClN2O4/c1-12(27-16-8-6-15(26-2)7-9-16)19(24)23-14-5-10-18(21)17(11-14)20(25)22-13-3-4-13/h5-13H,3-4H2,1-2H3,(H,22,25)(H,23,24). The van der Waals surface area contributed by atoms with Crippen LogP contribution in [0.5, 0.6) is 11.5 Å². The van der Waals surface area contributed by atoms with Gasteiger partial charge in [0.2, 0.25) is 0 Å². The van der Waals surface area contributed by atoms with E-state index >= 15 is 0 Å². The predicted molar refractivity (Wildman–Crippen MR) is 104 cm³/mol. The van der Waals surface area contributed by atoms with Crippen LogP contribution in [0.2, 0.25) is 5.02 Å². The van der Waals surface area contributed by atoms with E-state index in [1.54, 1.807) is 56.5 Å². The topological polar surface area (TPSA) is 76.7 Å². The lowest BCUT2D eigenvalue weighted by Gasteiger charge is -2.15. The van der Waals surface area contributed by atoms with Crippen molar-refractivity contribution in [3.05, 3.63) is 53.1 Å². The summed E-state index contributed by atoms with van der Waals surface area (Å²) in [5.74, 6) is 0.694. The van der Waals surface area contributed by atoms with E-state index in [0.717, 1.165) is 12.8 Å². The molecular formula is C20H21ClN2O4. The number of amides is 2. The number of halogens is 1. The van der Waals surface area contributed by atoms with Gasteiger partial charge in [0, 0.05) is 11.7 Å². The summed E-state index contributed by atoms with van der Waals surface area (Å²) in [4.78, 5) is 24.6. The highest BCUT2D eigenvalue weighted by atomic mass is 35.5. The summed E-state index contributed by atoms with van der Waals surface area (Å²) >= 11 is 6.12. The number of carbonyl (C=O) groups excluding carboxylic acids is 2. The zero-order chi connectivity index (χ0) is 19.4. The van der Waals surface area contributed by atoms with Gasteiger partial charge >= 0.3 is 0 Å². The summed E-state index contributed by atoms with van der Waals surface area (Å²) in [5.41, 5.74) is 0.820. The van der Waals surface area contributed by atoms with Crippen molar-refractivity contribution < 1.29 is 19.1 Å². The number of anilines is 1. The number of rotatable bonds is 7. The molecule has 27 heavy (non-hydrogen) atoms. The number of hydrogen-bond donors (Lipinski definition) is 2. The van der Waals surface area contributed by atoms with E-state index in [2.05, 4.69) is 10.6 Å². The van der Waals surface area contributed by atoms with Crippen LogP contribution in [-0.2, 0) is 4.79 Å². The lowest BCUT2D eigenvalue weighted by Crippen LogP contribution is -2.30. The van der Waals surface area contributed by atoms with Crippen LogP contribution >= 0.6 is 11.6 Å². The largest absolute Gasteiger partial charge is 0.497 e. The fourth-order valence-corrected chi connectivity index (χ4v) is 2.63. The molecule has 7 heteroatoms. The summed E-state index contributed by atoms with van der Waals surface area (Å²) in [6, 6.07) is 12.0. The minimum atomic E-state index is -0.724. The molecule has 0 aromatic heterocycles. The Morgan fingerprint density at radius 2 is 1.78 bits per heavy atom. The van der Waals surface area contributed by atoms with Crippen molar-refractivity contribution in [2.75, 3.05) is 12.4 Å². The lowest BCUT2D eigenvalue weighted by atomic mass is 10.1. The third kappa shape index (κ3) is 5.14. The van der Waals surface area contributed by atoms with Gasteiger partial charge in [-0.3, -0.25) is 9.59 Å². The fraction of sp³-hybridized carbons (Fsp3) is 0.300. The number of hydrogen-bond acceptors (Lipinski definition) is 4. The Morgan fingerprint density at radius 3 is 2.41 bits per heavy atom. The SMILES string of the molecule is COc1ccc(OC(C)C(=O)Nc2ccc(Cl)c(C(=O)NC3CC3)c2)cc1. The zero-order valence-electron chi connectivity index (χ0n) is 15.1. The van der Waals surface area contributed by atoms with Crippen molar-refractivity contribution in [1.29, 1.82) is 0 Å². The molecule has 0 bridgehead atoms.